The summed E-state index contributed by atoms with van der Waals surface area (Å²) in [7, 11) is 0. The Morgan fingerprint density at radius 2 is 2.29 bits per heavy atom. The first kappa shape index (κ1) is 16.5. The van der Waals surface area contributed by atoms with Crippen molar-refractivity contribution in [1.82, 2.24) is 14.9 Å². The van der Waals surface area contributed by atoms with Gasteiger partial charge in [-0.3, -0.25) is 0 Å². The lowest BCUT2D eigenvalue weighted by molar-refractivity contribution is 0.0289. The second-order valence-electron chi connectivity index (χ2n) is 6.81. The van der Waals surface area contributed by atoms with Gasteiger partial charge < -0.3 is 19.4 Å². The molecule has 1 atom stereocenters. The van der Waals surface area contributed by atoms with Crippen LogP contribution in [0.2, 0.25) is 0 Å². The van der Waals surface area contributed by atoms with Gasteiger partial charge in [0.15, 0.2) is 0 Å². The fourth-order valence-corrected chi connectivity index (χ4v) is 2.86. The quantitative estimate of drug-likeness (QED) is 0.940. The molecule has 6 nitrogen and oxygen atoms in total. The number of carbonyl (C=O) groups is 1. The normalized spacial score (nSPS) is 17.2. The molecule has 0 fully saturated rings. The van der Waals surface area contributed by atoms with Crippen LogP contribution in [-0.4, -0.2) is 34.4 Å². The molecule has 1 amide bonds. The number of hydrogen-bond donors (Lipinski definition) is 1. The molecule has 0 radical (unpaired) electrons. The Morgan fingerprint density at radius 1 is 1.46 bits per heavy atom. The molecular weight excluding hydrogens is 306 g/mol. The van der Waals surface area contributed by atoms with E-state index in [0.717, 1.165) is 17.7 Å². The van der Waals surface area contributed by atoms with E-state index in [1.165, 1.54) is 5.56 Å². The Kier molecular flexibility index (Phi) is 4.57. The SMILES string of the molecule is CC(C)(C)OC(=O)NC[C@H]1OCCc2c1cccc2-n1ccnc1. The smallest absolute Gasteiger partial charge is 0.407 e. The first-order valence-electron chi connectivity index (χ1n) is 8.12. The van der Waals surface area contributed by atoms with E-state index in [-0.39, 0.29) is 6.10 Å². The van der Waals surface area contributed by atoms with E-state index in [0.29, 0.717) is 13.2 Å². The van der Waals surface area contributed by atoms with Gasteiger partial charge in [-0.25, -0.2) is 9.78 Å². The number of nitrogens with one attached hydrogen (secondary N) is 1. The Hall–Kier alpha value is -2.34. The largest absolute Gasteiger partial charge is 0.444 e. The van der Waals surface area contributed by atoms with Crippen LogP contribution in [0.3, 0.4) is 0 Å². The van der Waals surface area contributed by atoms with E-state index in [4.69, 9.17) is 9.47 Å². The van der Waals surface area contributed by atoms with Gasteiger partial charge in [0.25, 0.3) is 0 Å². The number of hydrogen-bond acceptors (Lipinski definition) is 4. The molecule has 1 N–H and O–H groups in total. The van der Waals surface area contributed by atoms with Gasteiger partial charge in [0.05, 0.1) is 25.2 Å². The van der Waals surface area contributed by atoms with Crippen molar-refractivity contribution >= 4 is 6.09 Å². The van der Waals surface area contributed by atoms with Crippen molar-refractivity contribution in [2.24, 2.45) is 0 Å². The Morgan fingerprint density at radius 3 is 3.00 bits per heavy atom. The molecule has 6 heteroatoms. The lowest BCUT2D eigenvalue weighted by Gasteiger charge is -2.28. The van der Waals surface area contributed by atoms with E-state index in [1.54, 1.807) is 12.5 Å². The minimum absolute atomic E-state index is 0.176. The number of nitrogens with zero attached hydrogens (tertiary/aromatic N) is 2. The monoisotopic (exact) mass is 329 g/mol. The number of alkyl carbamates (subject to hydrolysis) is 1. The Balaban J connectivity index is 1.75. The molecule has 3 rings (SSSR count). The highest BCUT2D eigenvalue weighted by molar-refractivity contribution is 5.67. The number of ether oxygens (including phenoxy) is 2. The average molecular weight is 329 g/mol. The lowest BCUT2D eigenvalue weighted by atomic mass is 9.95. The highest BCUT2D eigenvalue weighted by Gasteiger charge is 2.25. The summed E-state index contributed by atoms with van der Waals surface area (Å²) in [5.41, 5.74) is 2.93. The summed E-state index contributed by atoms with van der Waals surface area (Å²) in [6.07, 6.45) is 5.72. The number of aromatic nitrogens is 2. The number of carbonyl (C=O) groups excluding carboxylic acids is 1. The molecule has 1 aliphatic rings. The fourth-order valence-electron chi connectivity index (χ4n) is 2.86. The zero-order chi connectivity index (χ0) is 17.2. The third-order valence-corrected chi connectivity index (χ3v) is 3.82. The summed E-state index contributed by atoms with van der Waals surface area (Å²) >= 11 is 0. The van der Waals surface area contributed by atoms with Crippen molar-refractivity contribution in [3.63, 3.8) is 0 Å². The number of rotatable bonds is 3. The predicted octanol–water partition coefficient (Wildman–Crippen LogP) is 3.01. The second-order valence-corrected chi connectivity index (χ2v) is 6.81. The van der Waals surface area contributed by atoms with Crippen LogP contribution in [0.5, 0.6) is 0 Å². The van der Waals surface area contributed by atoms with Gasteiger partial charge in [0.1, 0.15) is 11.7 Å². The summed E-state index contributed by atoms with van der Waals surface area (Å²) in [4.78, 5) is 16.0. The molecule has 0 unspecified atom stereocenters. The molecule has 24 heavy (non-hydrogen) atoms. The van der Waals surface area contributed by atoms with Crippen LogP contribution in [0.4, 0.5) is 4.79 Å². The van der Waals surface area contributed by atoms with Crippen LogP contribution in [0.15, 0.2) is 36.9 Å². The molecule has 1 aromatic carbocycles. The van der Waals surface area contributed by atoms with E-state index < -0.39 is 11.7 Å². The molecule has 0 spiro atoms. The summed E-state index contributed by atoms with van der Waals surface area (Å²) in [6, 6.07) is 6.13. The standard InChI is InChI=1S/C18H23N3O3/c1-18(2,3)24-17(22)20-11-16-14-5-4-6-15(13(14)7-10-23-16)21-9-8-19-12-21/h4-6,8-9,12,16H,7,10-11H2,1-3H3,(H,20,22)/t16-/m1/s1. The first-order valence-corrected chi connectivity index (χ1v) is 8.12. The summed E-state index contributed by atoms with van der Waals surface area (Å²) < 4.78 is 13.1. The molecule has 2 heterocycles. The summed E-state index contributed by atoms with van der Waals surface area (Å²) in [5.74, 6) is 0. The number of imidazole rings is 1. The molecule has 0 saturated heterocycles. The van der Waals surface area contributed by atoms with Gasteiger partial charge in [-0.05, 0) is 44.4 Å². The first-order chi connectivity index (χ1) is 11.4. The molecule has 0 saturated carbocycles. The summed E-state index contributed by atoms with van der Waals surface area (Å²) in [6.45, 7) is 6.54. The zero-order valence-corrected chi connectivity index (χ0v) is 14.3. The van der Waals surface area contributed by atoms with Crippen molar-refractivity contribution < 1.29 is 14.3 Å². The van der Waals surface area contributed by atoms with Crippen molar-refractivity contribution in [3.05, 3.63) is 48.0 Å². The minimum atomic E-state index is -0.510. The van der Waals surface area contributed by atoms with Crippen molar-refractivity contribution in [1.29, 1.82) is 0 Å². The molecular formula is C18H23N3O3. The number of amides is 1. The molecule has 2 aromatic rings. The summed E-state index contributed by atoms with van der Waals surface area (Å²) in [5, 5.41) is 2.80. The van der Waals surface area contributed by atoms with Gasteiger partial charge in [0.2, 0.25) is 0 Å². The zero-order valence-electron chi connectivity index (χ0n) is 14.3. The predicted molar refractivity (Wildman–Crippen MR) is 90.2 cm³/mol. The van der Waals surface area contributed by atoms with E-state index in [2.05, 4.69) is 22.4 Å². The Labute approximate surface area is 141 Å². The number of benzene rings is 1. The van der Waals surface area contributed by atoms with Crippen LogP contribution in [0.1, 0.15) is 38.0 Å². The second kappa shape index (κ2) is 6.65. The van der Waals surface area contributed by atoms with Crippen molar-refractivity contribution in [2.45, 2.75) is 38.9 Å². The lowest BCUT2D eigenvalue weighted by Crippen LogP contribution is -2.36. The molecule has 1 aliphatic heterocycles. The molecule has 128 valence electrons. The topological polar surface area (TPSA) is 65.4 Å². The molecule has 0 bridgehead atoms. The van der Waals surface area contributed by atoms with Gasteiger partial charge in [-0.2, -0.15) is 0 Å². The van der Waals surface area contributed by atoms with Crippen molar-refractivity contribution in [2.75, 3.05) is 13.2 Å². The third kappa shape index (κ3) is 3.76. The maximum absolute atomic E-state index is 11.9. The van der Waals surface area contributed by atoms with Crippen LogP contribution in [0, 0.1) is 0 Å². The van der Waals surface area contributed by atoms with Gasteiger partial charge in [-0.15, -0.1) is 0 Å². The van der Waals surface area contributed by atoms with E-state index >= 15 is 0 Å². The van der Waals surface area contributed by atoms with Crippen LogP contribution >= 0.6 is 0 Å². The van der Waals surface area contributed by atoms with Crippen LogP contribution < -0.4 is 5.32 Å². The van der Waals surface area contributed by atoms with Gasteiger partial charge in [-0.1, -0.05) is 12.1 Å². The minimum Gasteiger partial charge on any atom is -0.444 e. The van der Waals surface area contributed by atoms with E-state index in [9.17, 15) is 4.79 Å². The number of fused-ring (bicyclic) bond motifs is 1. The highest BCUT2D eigenvalue weighted by atomic mass is 16.6. The average Bonchev–Trinajstić information content (AvgIpc) is 3.05. The van der Waals surface area contributed by atoms with Crippen molar-refractivity contribution in [3.8, 4) is 5.69 Å². The fraction of sp³-hybridized carbons (Fsp3) is 0.444. The third-order valence-electron chi connectivity index (χ3n) is 3.82. The van der Waals surface area contributed by atoms with E-state index in [1.807, 2.05) is 37.6 Å². The van der Waals surface area contributed by atoms with Gasteiger partial charge in [0, 0.05) is 12.4 Å². The van der Waals surface area contributed by atoms with Crippen LogP contribution in [-0.2, 0) is 15.9 Å². The van der Waals surface area contributed by atoms with Crippen LogP contribution in [0.25, 0.3) is 5.69 Å². The highest BCUT2D eigenvalue weighted by Crippen LogP contribution is 2.30. The maximum atomic E-state index is 11.9. The molecule has 1 aromatic heterocycles. The molecule has 0 aliphatic carbocycles. The Bertz CT molecular complexity index is 705. The van der Waals surface area contributed by atoms with Gasteiger partial charge >= 0.3 is 6.09 Å². The maximum Gasteiger partial charge on any atom is 0.407 e.